The lowest BCUT2D eigenvalue weighted by molar-refractivity contribution is -0.136. The van der Waals surface area contributed by atoms with E-state index >= 15 is 0 Å². The van der Waals surface area contributed by atoms with Crippen LogP contribution in [0.3, 0.4) is 0 Å². The van der Waals surface area contributed by atoms with Crippen LogP contribution in [-0.4, -0.2) is 34.0 Å². The lowest BCUT2D eigenvalue weighted by atomic mass is 10.2. The Labute approximate surface area is 162 Å². The molecule has 0 aliphatic rings. The Morgan fingerprint density at radius 1 is 1.07 bits per heavy atom. The molecule has 0 saturated carbocycles. The van der Waals surface area contributed by atoms with Crippen LogP contribution >= 0.6 is 11.3 Å². The summed E-state index contributed by atoms with van der Waals surface area (Å²) in [7, 11) is 0. The van der Waals surface area contributed by atoms with Gasteiger partial charge in [-0.05, 0) is 43.0 Å². The number of carbonyl (C=O) groups excluding carboxylic acids is 2. The van der Waals surface area contributed by atoms with Gasteiger partial charge >= 0.3 is 5.97 Å². The molecular formula is C21H22N2O3S. The molecule has 3 aromatic rings. The summed E-state index contributed by atoms with van der Waals surface area (Å²) in [6, 6.07) is 15.4. The summed E-state index contributed by atoms with van der Waals surface area (Å²) >= 11 is 1.30. The lowest BCUT2D eigenvalue weighted by Crippen LogP contribution is -2.39. The molecule has 0 unspecified atom stereocenters. The van der Waals surface area contributed by atoms with Crippen LogP contribution in [0.2, 0.25) is 0 Å². The minimum atomic E-state index is -0.481. The Bertz CT molecular complexity index is 885. The standard InChI is InChI=1S/C21H22N2O3S/c1-16(2)23(14-17-8-4-3-5-9-17)19(24)15-26-21(25)20-18(10-13-27-20)22-11-6-7-12-22/h3-13,16H,14-15H2,1-2H3. The molecule has 0 bridgehead atoms. The number of hydrogen-bond acceptors (Lipinski definition) is 4. The minimum absolute atomic E-state index is 0.00795. The van der Waals surface area contributed by atoms with Crippen LogP contribution in [0.5, 0.6) is 0 Å². The average molecular weight is 382 g/mol. The molecule has 3 rings (SSSR count). The number of ether oxygens (including phenoxy) is 1. The van der Waals surface area contributed by atoms with Crippen LogP contribution < -0.4 is 0 Å². The fraction of sp³-hybridized carbons (Fsp3) is 0.238. The largest absolute Gasteiger partial charge is 0.451 e. The fourth-order valence-corrected chi connectivity index (χ4v) is 3.55. The van der Waals surface area contributed by atoms with Gasteiger partial charge in [-0.15, -0.1) is 11.3 Å². The van der Waals surface area contributed by atoms with E-state index in [0.29, 0.717) is 11.4 Å². The Morgan fingerprint density at radius 3 is 2.44 bits per heavy atom. The molecule has 0 aliphatic carbocycles. The number of benzene rings is 1. The highest BCUT2D eigenvalue weighted by molar-refractivity contribution is 7.12. The van der Waals surface area contributed by atoms with E-state index in [-0.39, 0.29) is 18.6 Å². The molecule has 0 radical (unpaired) electrons. The summed E-state index contributed by atoms with van der Waals surface area (Å²) in [5.74, 6) is -0.688. The molecule has 2 heterocycles. The minimum Gasteiger partial charge on any atom is -0.451 e. The van der Waals surface area contributed by atoms with E-state index in [0.717, 1.165) is 11.3 Å². The summed E-state index contributed by atoms with van der Waals surface area (Å²) in [5.41, 5.74) is 1.80. The van der Waals surface area contributed by atoms with Crippen LogP contribution in [0.1, 0.15) is 29.1 Å². The Morgan fingerprint density at radius 2 is 1.78 bits per heavy atom. The molecule has 0 N–H and O–H groups in total. The van der Waals surface area contributed by atoms with E-state index < -0.39 is 5.97 Å². The smallest absolute Gasteiger partial charge is 0.350 e. The van der Waals surface area contributed by atoms with Crippen LogP contribution in [0.25, 0.3) is 5.69 Å². The van der Waals surface area contributed by atoms with E-state index in [4.69, 9.17) is 4.74 Å². The quantitative estimate of drug-likeness (QED) is 0.577. The number of hydrogen-bond donors (Lipinski definition) is 0. The highest BCUT2D eigenvalue weighted by Crippen LogP contribution is 2.22. The van der Waals surface area contributed by atoms with Crippen molar-refractivity contribution in [1.82, 2.24) is 9.47 Å². The SMILES string of the molecule is CC(C)N(Cc1ccccc1)C(=O)COC(=O)c1sccc1-n1cccc1. The van der Waals surface area contributed by atoms with Crippen LogP contribution in [0, 0.1) is 0 Å². The highest BCUT2D eigenvalue weighted by atomic mass is 32.1. The lowest BCUT2D eigenvalue weighted by Gasteiger charge is -2.26. The van der Waals surface area contributed by atoms with Gasteiger partial charge in [0.1, 0.15) is 4.88 Å². The van der Waals surface area contributed by atoms with Gasteiger partial charge in [-0.1, -0.05) is 30.3 Å². The summed E-state index contributed by atoms with van der Waals surface area (Å²) in [4.78, 5) is 27.3. The van der Waals surface area contributed by atoms with Gasteiger partial charge in [0.15, 0.2) is 6.61 Å². The van der Waals surface area contributed by atoms with E-state index in [1.165, 1.54) is 11.3 Å². The molecule has 27 heavy (non-hydrogen) atoms. The number of amides is 1. The van der Waals surface area contributed by atoms with Gasteiger partial charge < -0.3 is 14.2 Å². The number of rotatable bonds is 7. The number of carbonyl (C=O) groups is 2. The van der Waals surface area contributed by atoms with Gasteiger partial charge in [-0.3, -0.25) is 4.79 Å². The maximum atomic E-state index is 12.6. The van der Waals surface area contributed by atoms with Crippen molar-refractivity contribution in [2.75, 3.05) is 6.61 Å². The zero-order chi connectivity index (χ0) is 19.2. The Balaban J connectivity index is 1.64. The van der Waals surface area contributed by atoms with E-state index in [1.807, 2.05) is 84.7 Å². The van der Waals surface area contributed by atoms with Crippen molar-refractivity contribution in [3.63, 3.8) is 0 Å². The molecule has 0 fully saturated rings. The van der Waals surface area contributed by atoms with Gasteiger partial charge in [-0.25, -0.2) is 4.79 Å². The number of nitrogens with zero attached hydrogens (tertiary/aromatic N) is 2. The van der Waals surface area contributed by atoms with E-state index in [9.17, 15) is 9.59 Å². The van der Waals surface area contributed by atoms with Crippen molar-refractivity contribution in [3.05, 3.63) is 76.7 Å². The first kappa shape index (κ1) is 18.9. The number of aromatic nitrogens is 1. The second kappa shape index (κ2) is 8.68. The summed E-state index contributed by atoms with van der Waals surface area (Å²) in [6.07, 6.45) is 3.73. The van der Waals surface area contributed by atoms with Gasteiger partial charge in [0.2, 0.25) is 0 Å². The first-order chi connectivity index (χ1) is 13.1. The average Bonchev–Trinajstić information content (AvgIpc) is 3.35. The third kappa shape index (κ3) is 4.65. The van der Waals surface area contributed by atoms with Crippen molar-refractivity contribution < 1.29 is 14.3 Å². The van der Waals surface area contributed by atoms with Crippen molar-refractivity contribution >= 4 is 23.2 Å². The predicted octanol–water partition coefficient (Wildman–Crippen LogP) is 4.13. The monoisotopic (exact) mass is 382 g/mol. The highest BCUT2D eigenvalue weighted by Gasteiger charge is 2.21. The summed E-state index contributed by atoms with van der Waals surface area (Å²) in [6.45, 7) is 4.12. The van der Waals surface area contributed by atoms with Crippen molar-refractivity contribution in [1.29, 1.82) is 0 Å². The molecule has 5 nitrogen and oxygen atoms in total. The van der Waals surface area contributed by atoms with Crippen molar-refractivity contribution in [2.45, 2.75) is 26.4 Å². The zero-order valence-corrected chi connectivity index (χ0v) is 16.2. The van der Waals surface area contributed by atoms with Crippen LogP contribution in [0.4, 0.5) is 0 Å². The molecule has 140 valence electrons. The molecule has 0 saturated heterocycles. The molecule has 0 spiro atoms. The van der Waals surface area contributed by atoms with Crippen LogP contribution in [0.15, 0.2) is 66.3 Å². The predicted molar refractivity (Wildman–Crippen MR) is 106 cm³/mol. The summed E-state index contributed by atoms with van der Waals surface area (Å²) < 4.78 is 7.17. The maximum absolute atomic E-state index is 12.6. The van der Waals surface area contributed by atoms with Gasteiger partial charge in [-0.2, -0.15) is 0 Å². The van der Waals surface area contributed by atoms with E-state index in [1.54, 1.807) is 4.90 Å². The zero-order valence-electron chi connectivity index (χ0n) is 15.4. The van der Waals surface area contributed by atoms with Gasteiger partial charge in [0.05, 0.1) is 5.69 Å². The molecule has 1 aromatic carbocycles. The summed E-state index contributed by atoms with van der Waals surface area (Å²) in [5, 5.41) is 1.84. The first-order valence-corrected chi connectivity index (χ1v) is 9.65. The molecular weight excluding hydrogens is 360 g/mol. The maximum Gasteiger partial charge on any atom is 0.350 e. The molecule has 0 aliphatic heterocycles. The molecule has 0 atom stereocenters. The van der Waals surface area contributed by atoms with Crippen molar-refractivity contribution in [2.24, 2.45) is 0 Å². The van der Waals surface area contributed by atoms with Gasteiger partial charge in [0, 0.05) is 25.0 Å². The normalized spacial score (nSPS) is 10.8. The second-order valence-corrected chi connectivity index (χ2v) is 7.32. The molecule has 2 aromatic heterocycles. The van der Waals surface area contributed by atoms with Gasteiger partial charge in [0.25, 0.3) is 5.91 Å². The fourth-order valence-electron chi connectivity index (χ4n) is 2.77. The third-order valence-corrected chi connectivity index (χ3v) is 5.06. The Kier molecular flexibility index (Phi) is 6.08. The number of esters is 1. The Hall–Kier alpha value is -2.86. The third-order valence-electron chi connectivity index (χ3n) is 4.18. The topological polar surface area (TPSA) is 51.5 Å². The molecule has 6 heteroatoms. The van der Waals surface area contributed by atoms with E-state index in [2.05, 4.69) is 0 Å². The number of thiophene rings is 1. The second-order valence-electron chi connectivity index (χ2n) is 6.40. The van der Waals surface area contributed by atoms with Crippen LogP contribution in [-0.2, 0) is 16.1 Å². The first-order valence-electron chi connectivity index (χ1n) is 8.77. The van der Waals surface area contributed by atoms with Crippen molar-refractivity contribution in [3.8, 4) is 5.69 Å². The molecule has 1 amide bonds.